The molecule has 0 saturated carbocycles. The third kappa shape index (κ3) is 4.08. The SMILES string of the molecule is [B]c1c([B])c([B])c(C([B])([B])S(=O)(=O)OC2=C(N)OC(c3ccc(C(=O)O)cc3)C2=O)c([B])c1[B]. The molecular formula is C18H8B7NO7S. The Bertz CT molecular complexity index is 1330. The maximum absolute atomic E-state index is 13.0. The van der Waals surface area contributed by atoms with Crippen molar-refractivity contribution >= 4 is 104 Å². The molecule has 3 rings (SSSR count). The molecule has 1 aliphatic heterocycles. The van der Waals surface area contributed by atoms with Crippen molar-refractivity contribution in [2.45, 2.75) is 10.6 Å². The Balaban J connectivity index is 1.97. The predicted molar refractivity (Wildman–Crippen MR) is 130 cm³/mol. The molecule has 14 radical (unpaired) electrons. The summed E-state index contributed by atoms with van der Waals surface area (Å²) in [6.45, 7) is 0. The standard InChI is InChI=1S/C18H8B7NO7S/c19-8-7(9(20)11(22)12(23)10(8)21)18(24,25)34(30,31)33-15-13(27)14(32-16(15)26)5-1-3-6(4-2-5)17(28)29/h1-4,14H,26H2,(H,28,29). The van der Waals surface area contributed by atoms with Crippen LogP contribution in [-0.4, -0.2) is 80.2 Å². The third-order valence-electron chi connectivity index (χ3n) is 5.09. The highest BCUT2D eigenvalue weighted by atomic mass is 32.2. The Morgan fingerprint density at radius 2 is 1.44 bits per heavy atom. The highest BCUT2D eigenvalue weighted by Crippen LogP contribution is 2.34. The van der Waals surface area contributed by atoms with Crippen molar-refractivity contribution < 1.29 is 32.0 Å². The maximum atomic E-state index is 13.0. The number of carboxylic acid groups (broad SMARTS) is 1. The van der Waals surface area contributed by atoms with Gasteiger partial charge in [-0.15, -0.1) is 27.3 Å². The number of Topliss-reactive ketones (excluding diaryl/α,β-unsaturated/α-hetero) is 1. The molecule has 1 atom stereocenters. The van der Waals surface area contributed by atoms with E-state index in [0.717, 1.165) is 0 Å². The molecule has 2 aromatic carbocycles. The number of nitrogens with two attached hydrogens (primary N) is 1. The van der Waals surface area contributed by atoms with Gasteiger partial charge < -0.3 is 19.8 Å². The van der Waals surface area contributed by atoms with Crippen LogP contribution in [0.15, 0.2) is 35.9 Å². The van der Waals surface area contributed by atoms with Crippen molar-refractivity contribution in [2.24, 2.45) is 5.73 Å². The third-order valence-corrected chi connectivity index (χ3v) is 6.51. The van der Waals surface area contributed by atoms with Gasteiger partial charge in [-0.2, -0.15) is 8.42 Å². The van der Waals surface area contributed by atoms with Crippen LogP contribution >= 0.6 is 0 Å². The number of ketones is 1. The number of carbonyl (C=O) groups excluding carboxylic acids is 1. The molecule has 0 amide bonds. The number of aromatic carboxylic acids is 1. The number of carbonyl (C=O) groups is 2. The molecule has 154 valence electrons. The van der Waals surface area contributed by atoms with Gasteiger partial charge in [0.25, 0.3) is 0 Å². The van der Waals surface area contributed by atoms with Gasteiger partial charge in [-0.25, -0.2) is 4.79 Å². The molecule has 0 bridgehead atoms. The van der Waals surface area contributed by atoms with Gasteiger partial charge in [-0.05, 0) is 12.1 Å². The lowest BCUT2D eigenvalue weighted by Gasteiger charge is -2.33. The van der Waals surface area contributed by atoms with Crippen molar-refractivity contribution in [1.82, 2.24) is 0 Å². The Kier molecular flexibility index (Phi) is 6.60. The van der Waals surface area contributed by atoms with Crippen molar-refractivity contribution in [3.8, 4) is 0 Å². The zero-order valence-corrected chi connectivity index (χ0v) is 18.1. The average Bonchev–Trinajstić information content (AvgIpc) is 3.04. The van der Waals surface area contributed by atoms with E-state index < -0.39 is 60.7 Å². The van der Waals surface area contributed by atoms with Gasteiger partial charge in [0.2, 0.25) is 17.4 Å². The minimum absolute atomic E-state index is 0.0533. The summed E-state index contributed by atoms with van der Waals surface area (Å²) < 4.78 is 33.1. The molecule has 0 aromatic heterocycles. The van der Waals surface area contributed by atoms with Crippen LogP contribution in [0.5, 0.6) is 0 Å². The van der Waals surface area contributed by atoms with E-state index in [2.05, 4.69) is 0 Å². The van der Waals surface area contributed by atoms with E-state index in [0.29, 0.717) is 0 Å². The molecule has 8 nitrogen and oxygen atoms in total. The summed E-state index contributed by atoms with van der Waals surface area (Å²) in [6, 6.07) is 5.00. The fraction of sp³-hybridized carbons (Fsp3) is 0.111. The molecule has 16 heteroatoms. The topological polar surface area (TPSA) is 133 Å². The molecule has 3 N–H and O–H groups in total. The summed E-state index contributed by atoms with van der Waals surface area (Å²) in [6.07, 6.45) is -1.42. The van der Waals surface area contributed by atoms with E-state index in [1.807, 2.05) is 0 Å². The van der Waals surface area contributed by atoms with Crippen LogP contribution < -0.4 is 33.0 Å². The van der Waals surface area contributed by atoms with E-state index in [-0.39, 0.29) is 27.5 Å². The van der Waals surface area contributed by atoms with Gasteiger partial charge >= 0.3 is 16.1 Å². The van der Waals surface area contributed by atoms with Crippen LogP contribution in [0.1, 0.15) is 27.6 Å². The van der Waals surface area contributed by atoms with Crippen LogP contribution in [-0.2, 0) is 28.4 Å². The Labute approximate surface area is 205 Å². The second-order valence-corrected chi connectivity index (χ2v) is 9.01. The van der Waals surface area contributed by atoms with Crippen LogP contribution in [0.3, 0.4) is 0 Å². The molecule has 2 aromatic rings. The summed E-state index contributed by atoms with van der Waals surface area (Å²) in [5.41, 5.74) is 3.39. The first-order valence-electron chi connectivity index (χ1n) is 9.19. The van der Waals surface area contributed by atoms with E-state index in [9.17, 15) is 18.0 Å². The molecular weight excluding hydrogens is 450 g/mol. The number of benzene rings is 2. The lowest BCUT2D eigenvalue weighted by Crippen LogP contribution is -2.60. The van der Waals surface area contributed by atoms with Gasteiger partial charge in [-0.1, -0.05) is 17.7 Å². The van der Waals surface area contributed by atoms with Crippen molar-refractivity contribution in [1.29, 1.82) is 0 Å². The number of ether oxygens (including phenoxy) is 1. The number of hydrogen-bond donors (Lipinski definition) is 2. The molecule has 0 aliphatic carbocycles. The maximum Gasteiger partial charge on any atom is 0.335 e. The highest BCUT2D eigenvalue weighted by Gasteiger charge is 2.45. The fourth-order valence-electron chi connectivity index (χ4n) is 3.15. The zero-order valence-electron chi connectivity index (χ0n) is 17.3. The molecule has 34 heavy (non-hydrogen) atoms. The smallest absolute Gasteiger partial charge is 0.335 e. The number of rotatable bonds is 6. The lowest BCUT2D eigenvalue weighted by molar-refractivity contribution is -0.123. The van der Waals surface area contributed by atoms with Crippen LogP contribution in [0.2, 0.25) is 0 Å². The Hall–Kier alpha value is -2.88. The Morgan fingerprint density at radius 3 is 1.91 bits per heavy atom. The predicted octanol–water partition coefficient (Wildman–Crippen LogP) is -5.38. The average molecular weight is 458 g/mol. The van der Waals surface area contributed by atoms with Crippen molar-refractivity contribution in [2.75, 3.05) is 0 Å². The molecule has 1 aliphatic rings. The summed E-state index contributed by atoms with van der Waals surface area (Å²) in [5, 5.41) is 8.99. The first-order chi connectivity index (χ1) is 15.6. The second-order valence-electron chi connectivity index (χ2n) is 7.26. The lowest BCUT2D eigenvalue weighted by atomic mass is 9.53. The second kappa shape index (κ2) is 8.72. The first-order valence-corrected chi connectivity index (χ1v) is 10.6. The summed E-state index contributed by atoms with van der Waals surface area (Å²) in [5.74, 6) is -3.80. The van der Waals surface area contributed by atoms with E-state index in [4.69, 9.17) is 74.7 Å². The van der Waals surface area contributed by atoms with E-state index in [1.54, 1.807) is 0 Å². The summed E-state index contributed by atoms with van der Waals surface area (Å²) in [7, 11) is 35.4. The monoisotopic (exact) mass is 459 g/mol. The van der Waals surface area contributed by atoms with Crippen molar-refractivity contribution in [3.63, 3.8) is 0 Å². The minimum atomic E-state index is -5.15. The van der Waals surface area contributed by atoms with Crippen molar-refractivity contribution in [3.05, 3.63) is 52.6 Å². The molecule has 0 spiro atoms. The first kappa shape index (κ1) is 25.7. The summed E-state index contributed by atoms with van der Waals surface area (Å²) >= 11 is 0. The van der Waals surface area contributed by atoms with Gasteiger partial charge in [0.1, 0.15) is 39.2 Å². The van der Waals surface area contributed by atoms with E-state index in [1.165, 1.54) is 24.3 Å². The summed E-state index contributed by atoms with van der Waals surface area (Å²) in [4.78, 5) is 23.8. The zero-order chi connectivity index (χ0) is 25.7. The molecule has 0 saturated heterocycles. The minimum Gasteiger partial charge on any atom is -0.478 e. The quantitative estimate of drug-likeness (QED) is 0.324. The van der Waals surface area contributed by atoms with Gasteiger partial charge in [0.15, 0.2) is 6.10 Å². The van der Waals surface area contributed by atoms with Crippen LogP contribution in [0.25, 0.3) is 0 Å². The molecule has 0 fully saturated rings. The molecule has 1 heterocycles. The van der Waals surface area contributed by atoms with Crippen LogP contribution in [0, 0.1) is 0 Å². The fourth-order valence-corrected chi connectivity index (χ4v) is 4.14. The Morgan fingerprint density at radius 1 is 0.971 bits per heavy atom. The van der Waals surface area contributed by atoms with E-state index >= 15 is 0 Å². The highest BCUT2D eigenvalue weighted by molar-refractivity contribution is 7.90. The van der Waals surface area contributed by atoms with Gasteiger partial charge in [-0.3, -0.25) is 4.79 Å². The largest absolute Gasteiger partial charge is 0.478 e. The normalized spacial score (nSPS) is 16.4. The van der Waals surface area contributed by atoms with Gasteiger partial charge in [0, 0.05) is 5.56 Å². The van der Waals surface area contributed by atoms with Crippen LogP contribution in [0.4, 0.5) is 0 Å². The van der Waals surface area contributed by atoms with Gasteiger partial charge in [0.05, 0.1) is 25.8 Å². The molecule has 1 unspecified atom stereocenters. The number of carboxylic acids is 1. The number of hydrogen-bond acceptors (Lipinski definition) is 7.